The molecular weight excluding hydrogens is 347 g/mol. The zero-order valence-electron chi connectivity index (χ0n) is 11.1. The number of likely N-dealkylation sites (tertiary alicyclic amines) is 1. The van der Waals surface area contributed by atoms with E-state index in [1.54, 1.807) is 0 Å². The van der Waals surface area contributed by atoms with Gasteiger partial charge in [-0.3, -0.25) is 0 Å². The smallest absolute Gasteiger partial charge is 0.0719 e. The maximum Gasteiger partial charge on any atom is 0.0719 e. The second-order valence-electron chi connectivity index (χ2n) is 5.09. The van der Waals surface area contributed by atoms with Gasteiger partial charge in [-0.2, -0.15) is 0 Å². The fourth-order valence-electron chi connectivity index (χ4n) is 2.58. The molecule has 0 saturated carbocycles. The number of nitrogens with zero attached hydrogens (tertiary/aromatic N) is 1. The Balaban J connectivity index is 1.89. The van der Waals surface area contributed by atoms with E-state index < -0.39 is 0 Å². The number of anilines is 1. The third-order valence-electron chi connectivity index (χ3n) is 3.71. The molecule has 1 unspecified atom stereocenters. The molecule has 1 aliphatic rings. The first-order chi connectivity index (χ1) is 9.08. The molecule has 0 amide bonds. The largest absolute Gasteiger partial charge is 0.383 e. The molecule has 1 aliphatic heterocycles. The van der Waals surface area contributed by atoms with Gasteiger partial charge in [0.25, 0.3) is 0 Å². The van der Waals surface area contributed by atoms with Crippen LogP contribution in [0.1, 0.15) is 25.7 Å². The average Bonchev–Trinajstić information content (AvgIpc) is 2.34. The Hall–Kier alpha value is 0.0400. The average molecular weight is 366 g/mol. The number of rotatable bonds is 4. The zero-order chi connectivity index (χ0) is 13.8. The highest BCUT2D eigenvalue weighted by Gasteiger charge is 2.18. The van der Waals surface area contributed by atoms with Crippen molar-refractivity contribution >= 4 is 44.8 Å². The normalized spacial score (nSPS) is 20.5. The lowest BCUT2D eigenvalue weighted by Crippen LogP contribution is -2.37. The van der Waals surface area contributed by atoms with Crippen LogP contribution in [0.2, 0.25) is 10.0 Å². The Morgan fingerprint density at radius 3 is 2.63 bits per heavy atom. The molecule has 2 nitrogen and oxygen atoms in total. The van der Waals surface area contributed by atoms with Crippen LogP contribution >= 0.6 is 39.1 Å². The van der Waals surface area contributed by atoms with Crippen LogP contribution in [0.3, 0.4) is 0 Å². The van der Waals surface area contributed by atoms with Crippen LogP contribution in [0.4, 0.5) is 5.69 Å². The van der Waals surface area contributed by atoms with Gasteiger partial charge in [0.05, 0.1) is 15.7 Å². The minimum atomic E-state index is 0.663. The summed E-state index contributed by atoms with van der Waals surface area (Å²) in [6.45, 7) is 2.11. The summed E-state index contributed by atoms with van der Waals surface area (Å²) in [5.41, 5.74) is 0.838. The molecule has 0 radical (unpaired) electrons. The summed E-state index contributed by atoms with van der Waals surface area (Å²) in [7, 11) is 2.21. The molecule has 0 aromatic heterocycles. The summed E-state index contributed by atoms with van der Waals surface area (Å²) >= 11 is 15.8. The lowest BCUT2D eigenvalue weighted by Gasteiger charge is -2.32. The van der Waals surface area contributed by atoms with Crippen molar-refractivity contribution < 1.29 is 0 Å². The topological polar surface area (TPSA) is 15.3 Å². The Labute approximate surface area is 133 Å². The van der Waals surface area contributed by atoms with Crippen molar-refractivity contribution in [3.8, 4) is 0 Å². The summed E-state index contributed by atoms with van der Waals surface area (Å²) in [5, 5.41) is 4.69. The van der Waals surface area contributed by atoms with Crippen LogP contribution in [0.5, 0.6) is 0 Å². The molecule has 106 valence electrons. The molecule has 19 heavy (non-hydrogen) atoms. The molecule has 1 saturated heterocycles. The fourth-order valence-corrected chi connectivity index (χ4v) is 3.93. The van der Waals surface area contributed by atoms with Gasteiger partial charge in [-0.25, -0.2) is 0 Å². The van der Waals surface area contributed by atoms with Crippen LogP contribution in [0, 0.1) is 0 Å². The van der Waals surface area contributed by atoms with Crippen molar-refractivity contribution in [1.82, 2.24) is 4.90 Å². The third kappa shape index (κ3) is 4.25. The van der Waals surface area contributed by atoms with Crippen LogP contribution in [0.15, 0.2) is 16.6 Å². The highest BCUT2D eigenvalue weighted by molar-refractivity contribution is 9.10. The lowest BCUT2D eigenvalue weighted by molar-refractivity contribution is 0.179. The standard InChI is InChI=1S/C14H19BrCl2N2/c1-19-7-3-2-4-11(19)5-6-18-14-12(16)8-10(15)9-13(14)17/h8-9,11,18H,2-7H2,1H3. The second kappa shape index (κ2) is 7.16. The van der Waals surface area contributed by atoms with E-state index in [-0.39, 0.29) is 0 Å². The van der Waals surface area contributed by atoms with E-state index in [0.717, 1.165) is 23.1 Å². The molecule has 1 N–H and O–H groups in total. The maximum absolute atomic E-state index is 6.20. The maximum atomic E-state index is 6.20. The van der Waals surface area contributed by atoms with Crippen molar-refractivity contribution in [1.29, 1.82) is 0 Å². The summed E-state index contributed by atoms with van der Waals surface area (Å²) in [6, 6.07) is 4.40. The summed E-state index contributed by atoms with van der Waals surface area (Å²) in [5.74, 6) is 0. The predicted molar refractivity (Wildman–Crippen MR) is 87.5 cm³/mol. The van der Waals surface area contributed by atoms with E-state index in [9.17, 15) is 0 Å². The molecule has 1 atom stereocenters. The first kappa shape index (κ1) is 15.4. The number of piperidine rings is 1. The molecule has 0 bridgehead atoms. The van der Waals surface area contributed by atoms with Crippen LogP contribution in [-0.2, 0) is 0 Å². The van der Waals surface area contributed by atoms with Crippen molar-refractivity contribution in [2.75, 3.05) is 25.5 Å². The Morgan fingerprint density at radius 2 is 2.00 bits per heavy atom. The van der Waals surface area contributed by atoms with Gasteiger partial charge in [0.15, 0.2) is 0 Å². The Bertz CT molecular complexity index is 416. The van der Waals surface area contributed by atoms with Crippen molar-refractivity contribution in [2.24, 2.45) is 0 Å². The van der Waals surface area contributed by atoms with Gasteiger partial charge in [0, 0.05) is 17.1 Å². The van der Waals surface area contributed by atoms with E-state index in [4.69, 9.17) is 23.2 Å². The number of hydrogen-bond acceptors (Lipinski definition) is 2. The second-order valence-corrected chi connectivity index (χ2v) is 6.82. The third-order valence-corrected chi connectivity index (χ3v) is 4.76. The summed E-state index contributed by atoms with van der Waals surface area (Å²) in [4.78, 5) is 2.45. The first-order valence-electron chi connectivity index (χ1n) is 6.66. The molecule has 1 aromatic carbocycles. The lowest BCUT2D eigenvalue weighted by atomic mass is 10.0. The van der Waals surface area contributed by atoms with E-state index in [2.05, 4.69) is 33.2 Å². The van der Waals surface area contributed by atoms with Crippen molar-refractivity contribution in [2.45, 2.75) is 31.7 Å². The van der Waals surface area contributed by atoms with Crippen molar-refractivity contribution in [3.05, 3.63) is 26.7 Å². The highest BCUT2D eigenvalue weighted by Crippen LogP contribution is 2.33. The monoisotopic (exact) mass is 364 g/mol. The minimum Gasteiger partial charge on any atom is -0.383 e. The van der Waals surface area contributed by atoms with Gasteiger partial charge in [0.2, 0.25) is 0 Å². The molecule has 0 aliphatic carbocycles. The number of halogens is 3. The molecule has 5 heteroatoms. The molecule has 1 fully saturated rings. The number of nitrogens with one attached hydrogen (secondary N) is 1. The van der Waals surface area contributed by atoms with Crippen LogP contribution < -0.4 is 5.32 Å². The molecule has 0 spiro atoms. The number of hydrogen-bond donors (Lipinski definition) is 1. The van der Waals surface area contributed by atoms with E-state index >= 15 is 0 Å². The first-order valence-corrected chi connectivity index (χ1v) is 8.21. The SMILES string of the molecule is CN1CCCCC1CCNc1c(Cl)cc(Br)cc1Cl. The van der Waals surface area contributed by atoms with Gasteiger partial charge in [-0.15, -0.1) is 0 Å². The van der Waals surface area contributed by atoms with E-state index in [1.807, 2.05) is 12.1 Å². The zero-order valence-corrected chi connectivity index (χ0v) is 14.2. The van der Waals surface area contributed by atoms with E-state index in [0.29, 0.717) is 16.1 Å². The molecule has 1 aromatic rings. The predicted octanol–water partition coefficient (Wildman–Crippen LogP) is 5.04. The van der Waals surface area contributed by atoms with Crippen molar-refractivity contribution in [3.63, 3.8) is 0 Å². The molecule has 2 rings (SSSR count). The number of benzene rings is 1. The Kier molecular flexibility index (Phi) is 5.82. The summed E-state index contributed by atoms with van der Waals surface area (Å²) in [6.07, 6.45) is 5.08. The molecular formula is C14H19BrCl2N2. The highest BCUT2D eigenvalue weighted by atomic mass is 79.9. The van der Waals surface area contributed by atoms with Gasteiger partial charge in [-0.1, -0.05) is 45.6 Å². The van der Waals surface area contributed by atoms with Crippen LogP contribution in [0.25, 0.3) is 0 Å². The van der Waals surface area contributed by atoms with Crippen LogP contribution in [-0.4, -0.2) is 31.1 Å². The Morgan fingerprint density at radius 1 is 1.32 bits per heavy atom. The van der Waals surface area contributed by atoms with Gasteiger partial charge in [-0.05, 0) is 45.0 Å². The quantitative estimate of drug-likeness (QED) is 0.803. The molecule has 1 heterocycles. The summed E-state index contributed by atoms with van der Waals surface area (Å²) < 4.78 is 0.903. The fraction of sp³-hybridized carbons (Fsp3) is 0.571. The van der Waals surface area contributed by atoms with Gasteiger partial charge < -0.3 is 10.2 Å². The minimum absolute atomic E-state index is 0.663. The van der Waals surface area contributed by atoms with E-state index in [1.165, 1.54) is 25.8 Å². The van der Waals surface area contributed by atoms with Gasteiger partial charge in [0.1, 0.15) is 0 Å². The van der Waals surface area contributed by atoms with Gasteiger partial charge >= 0.3 is 0 Å².